The molecule has 0 saturated carbocycles. The minimum atomic E-state index is 0. The Kier molecular flexibility index (Phi) is 6.70. The fraction of sp³-hybridized carbons (Fsp3) is 0.923. The zero-order valence-electron chi connectivity index (χ0n) is 11.6. The van der Waals surface area contributed by atoms with Crippen molar-refractivity contribution in [3.8, 4) is 0 Å². The molecule has 0 amide bonds. The summed E-state index contributed by atoms with van der Waals surface area (Å²) in [5, 5.41) is 3.40. The van der Waals surface area contributed by atoms with Gasteiger partial charge in [0.05, 0.1) is 6.61 Å². The van der Waals surface area contributed by atoms with Crippen molar-refractivity contribution in [3.05, 3.63) is 0 Å². The van der Waals surface area contributed by atoms with Gasteiger partial charge in [0.15, 0.2) is 5.96 Å². The van der Waals surface area contributed by atoms with Crippen molar-refractivity contribution >= 4 is 29.9 Å². The van der Waals surface area contributed by atoms with Crippen molar-refractivity contribution < 1.29 is 4.74 Å². The maximum absolute atomic E-state index is 5.56. The van der Waals surface area contributed by atoms with E-state index in [2.05, 4.69) is 29.1 Å². The maximum atomic E-state index is 5.56. The number of hydrogen-bond donors (Lipinski definition) is 1. The molecule has 2 fully saturated rings. The van der Waals surface area contributed by atoms with Gasteiger partial charge in [0, 0.05) is 38.2 Å². The predicted octanol–water partition coefficient (Wildman–Crippen LogP) is 2.09. The van der Waals surface area contributed by atoms with Gasteiger partial charge < -0.3 is 15.0 Å². The third-order valence-electron chi connectivity index (χ3n) is 3.74. The van der Waals surface area contributed by atoms with Crippen LogP contribution in [0.1, 0.15) is 33.1 Å². The van der Waals surface area contributed by atoms with E-state index < -0.39 is 0 Å². The van der Waals surface area contributed by atoms with Crippen LogP contribution < -0.4 is 5.32 Å². The molecular formula is C13H26IN3O. The molecule has 106 valence electrons. The van der Waals surface area contributed by atoms with Gasteiger partial charge in [0.2, 0.25) is 0 Å². The summed E-state index contributed by atoms with van der Waals surface area (Å²) in [6.07, 6.45) is 3.58. The van der Waals surface area contributed by atoms with Crippen LogP contribution >= 0.6 is 24.0 Å². The average Bonchev–Trinajstić information content (AvgIpc) is 2.96. The number of nitrogens with one attached hydrogen (secondary N) is 1. The minimum Gasteiger partial charge on any atom is -0.381 e. The Bertz CT molecular complexity index is 277. The van der Waals surface area contributed by atoms with Crippen molar-refractivity contribution in [3.63, 3.8) is 0 Å². The number of hydrogen-bond acceptors (Lipinski definition) is 2. The van der Waals surface area contributed by atoms with E-state index in [1.54, 1.807) is 0 Å². The highest BCUT2D eigenvalue weighted by molar-refractivity contribution is 14.0. The molecule has 2 aliphatic heterocycles. The Morgan fingerprint density at radius 1 is 1.39 bits per heavy atom. The lowest BCUT2D eigenvalue weighted by atomic mass is 9.87. The van der Waals surface area contributed by atoms with Crippen molar-refractivity contribution in [1.82, 2.24) is 10.2 Å². The SMILES string of the molecule is CCCN=C(NCC)N1CCC2(CCOC2)C1.I. The van der Waals surface area contributed by atoms with Crippen LogP contribution in [0, 0.1) is 5.41 Å². The van der Waals surface area contributed by atoms with Crippen molar-refractivity contribution in [1.29, 1.82) is 0 Å². The zero-order valence-corrected chi connectivity index (χ0v) is 13.9. The highest BCUT2D eigenvalue weighted by Gasteiger charge is 2.42. The molecule has 18 heavy (non-hydrogen) atoms. The van der Waals surface area contributed by atoms with Crippen LogP contribution in [-0.2, 0) is 4.74 Å². The van der Waals surface area contributed by atoms with E-state index in [1.165, 1.54) is 12.8 Å². The summed E-state index contributed by atoms with van der Waals surface area (Å²) in [4.78, 5) is 7.07. The third-order valence-corrected chi connectivity index (χ3v) is 3.74. The number of guanidine groups is 1. The Hall–Kier alpha value is -0.0400. The lowest BCUT2D eigenvalue weighted by molar-refractivity contribution is 0.156. The molecule has 0 aliphatic carbocycles. The van der Waals surface area contributed by atoms with Crippen LogP contribution in [0.15, 0.2) is 4.99 Å². The van der Waals surface area contributed by atoms with Gasteiger partial charge >= 0.3 is 0 Å². The third kappa shape index (κ3) is 3.73. The van der Waals surface area contributed by atoms with Crippen LogP contribution in [0.4, 0.5) is 0 Å². The summed E-state index contributed by atoms with van der Waals surface area (Å²) < 4.78 is 5.56. The second-order valence-corrected chi connectivity index (χ2v) is 5.21. The predicted molar refractivity (Wildman–Crippen MR) is 85.7 cm³/mol. The summed E-state index contributed by atoms with van der Waals surface area (Å²) in [5.74, 6) is 1.10. The summed E-state index contributed by atoms with van der Waals surface area (Å²) in [7, 11) is 0. The second kappa shape index (κ2) is 7.53. The first kappa shape index (κ1) is 16.0. The average molecular weight is 367 g/mol. The summed E-state index contributed by atoms with van der Waals surface area (Å²) in [5.41, 5.74) is 0.419. The molecule has 2 aliphatic rings. The van der Waals surface area contributed by atoms with Gasteiger partial charge in [-0.05, 0) is 26.2 Å². The number of rotatable bonds is 3. The molecule has 0 bridgehead atoms. The number of ether oxygens (including phenoxy) is 1. The number of likely N-dealkylation sites (tertiary alicyclic amines) is 1. The molecule has 0 aromatic heterocycles. The van der Waals surface area contributed by atoms with Crippen molar-refractivity contribution in [2.45, 2.75) is 33.1 Å². The molecule has 4 nitrogen and oxygen atoms in total. The molecule has 2 saturated heterocycles. The molecule has 1 atom stereocenters. The van der Waals surface area contributed by atoms with Crippen LogP contribution in [0.5, 0.6) is 0 Å². The van der Waals surface area contributed by atoms with Crippen LogP contribution in [0.25, 0.3) is 0 Å². The lowest BCUT2D eigenvalue weighted by Crippen LogP contribution is -2.41. The largest absolute Gasteiger partial charge is 0.381 e. The van der Waals surface area contributed by atoms with Crippen molar-refractivity contribution in [2.24, 2.45) is 10.4 Å². The highest BCUT2D eigenvalue weighted by Crippen LogP contribution is 2.38. The Morgan fingerprint density at radius 2 is 2.22 bits per heavy atom. The van der Waals surface area contributed by atoms with Gasteiger partial charge in [-0.1, -0.05) is 6.92 Å². The van der Waals surface area contributed by atoms with Gasteiger partial charge in [-0.15, -0.1) is 24.0 Å². The fourth-order valence-corrected chi connectivity index (χ4v) is 2.73. The Balaban J connectivity index is 0.00000162. The first-order valence-electron chi connectivity index (χ1n) is 6.91. The van der Waals surface area contributed by atoms with E-state index in [4.69, 9.17) is 4.74 Å². The highest BCUT2D eigenvalue weighted by atomic mass is 127. The molecule has 1 unspecified atom stereocenters. The molecular weight excluding hydrogens is 341 g/mol. The fourth-order valence-electron chi connectivity index (χ4n) is 2.73. The second-order valence-electron chi connectivity index (χ2n) is 5.21. The van der Waals surface area contributed by atoms with Gasteiger partial charge in [-0.3, -0.25) is 4.99 Å². The van der Waals surface area contributed by atoms with Crippen LogP contribution in [0.2, 0.25) is 0 Å². The van der Waals surface area contributed by atoms with Gasteiger partial charge in [-0.25, -0.2) is 0 Å². The molecule has 5 heteroatoms. The number of aliphatic imine (C=N–C) groups is 1. The molecule has 2 heterocycles. The van der Waals surface area contributed by atoms with E-state index in [9.17, 15) is 0 Å². The van der Waals surface area contributed by atoms with Gasteiger partial charge in [0.25, 0.3) is 0 Å². The zero-order chi connectivity index (χ0) is 12.1. The van der Waals surface area contributed by atoms with E-state index in [0.29, 0.717) is 5.41 Å². The molecule has 0 radical (unpaired) electrons. The molecule has 2 rings (SSSR count). The smallest absolute Gasteiger partial charge is 0.193 e. The van der Waals surface area contributed by atoms with E-state index in [0.717, 1.165) is 51.8 Å². The topological polar surface area (TPSA) is 36.9 Å². The minimum absolute atomic E-state index is 0. The summed E-state index contributed by atoms with van der Waals surface area (Å²) in [6, 6.07) is 0. The Labute approximate surface area is 128 Å². The van der Waals surface area contributed by atoms with Crippen LogP contribution in [-0.4, -0.2) is 50.3 Å². The lowest BCUT2D eigenvalue weighted by Gasteiger charge is -2.24. The molecule has 1 spiro atoms. The number of halogens is 1. The van der Waals surface area contributed by atoms with E-state index >= 15 is 0 Å². The van der Waals surface area contributed by atoms with Crippen molar-refractivity contribution in [2.75, 3.05) is 39.4 Å². The van der Waals surface area contributed by atoms with Crippen LogP contribution in [0.3, 0.4) is 0 Å². The quantitative estimate of drug-likeness (QED) is 0.472. The Morgan fingerprint density at radius 3 is 2.83 bits per heavy atom. The number of nitrogens with zero attached hydrogens (tertiary/aromatic N) is 2. The van der Waals surface area contributed by atoms with Gasteiger partial charge in [0.1, 0.15) is 0 Å². The summed E-state index contributed by atoms with van der Waals surface area (Å²) in [6.45, 7) is 10.3. The van der Waals surface area contributed by atoms with Gasteiger partial charge in [-0.2, -0.15) is 0 Å². The monoisotopic (exact) mass is 367 g/mol. The van der Waals surface area contributed by atoms with E-state index in [-0.39, 0.29) is 24.0 Å². The van der Waals surface area contributed by atoms with E-state index in [1.807, 2.05) is 0 Å². The first-order valence-corrected chi connectivity index (χ1v) is 6.91. The standard InChI is InChI=1S/C13H25N3O.HI/c1-3-7-15-12(14-4-2)16-8-5-13(10-16)6-9-17-11-13;/h3-11H2,1-2H3,(H,14,15);1H. The molecule has 0 aromatic rings. The summed E-state index contributed by atoms with van der Waals surface area (Å²) >= 11 is 0. The normalized spacial score (nSPS) is 27.7. The molecule has 0 aromatic carbocycles. The maximum Gasteiger partial charge on any atom is 0.193 e. The molecule has 1 N–H and O–H groups in total. The first-order chi connectivity index (χ1) is 8.29.